The van der Waals surface area contributed by atoms with Crippen LogP contribution in [0.2, 0.25) is 0 Å². The molecule has 3 aromatic rings. The summed E-state index contributed by atoms with van der Waals surface area (Å²) in [5.74, 6) is -0.134. The van der Waals surface area contributed by atoms with Crippen LogP contribution in [-0.4, -0.2) is 30.8 Å². The smallest absolute Gasteiger partial charge is 0.253 e. The van der Waals surface area contributed by atoms with Crippen molar-refractivity contribution in [3.8, 4) is 0 Å². The maximum atomic E-state index is 12.8. The average Bonchev–Trinajstić information content (AvgIpc) is 3.11. The lowest BCUT2D eigenvalue weighted by Gasteiger charge is -2.12. The lowest BCUT2D eigenvalue weighted by atomic mass is 9.99. The van der Waals surface area contributed by atoms with Crippen LogP contribution in [0.1, 0.15) is 37.4 Å². The Bertz CT molecular complexity index is 1040. The molecule has 4 nitrogen and oxygen atoms in total. The van der Waals surface area contributed by atoms with Gasteiger partial charge < -0.3 is 10.2 Å². The number of aryl methyl sites for hydroxylation is 2. The molecule has 2 amide bonds. The van der Waals surface area contributed by atoms with E-state index in [0.29, 0.717) is 17.7 Å². The minimum atomic E-state index is -0.0880. The molecule has 0 saturated carbocycles. The first-order valence-electron chi connectivity index (χ1n) is 9.17. The van der Waals surface area contributed by atoms with Crippen molar-refractivity contribution in [2.75, 3.05) is 14.1 Å². The molecule has 0 spiro atoms. The Balaban J connectivity index is 1.55. The van der Waals surface area contributed by atoms with Gasteiger partial charge in [0.15, 0.2) is 0 Å². The Morgan fingerprint density at radius 2 is 1.70 bits per heavy atom. The van der Waals surface area contributed by atoms with Crippen molar-refractivity contribution in [1.82, 2.24) is 10.2 Å². The highest BCUT2D eigenvalue weighted by atomic mass is 16.2. The minimum absolute atomic E-state index is 0.0457. The predicted molar refractivity (Wildman–Crippen MR) is 107 cm³/mol. The van der Waals surface area contributed by atoms with E-state index in [1.807, 2.05) is 36.4 Å². The van der Waals surface area contributed by atoms with Gasteiger partial charge in [-0.05, 0) is 58.5 Å². The topological polar surface area (TPSA) is 49.4 Å². The van der Waals surface area contributed by atoms with E-state index in [-0.39, 0.29) is 11.8 Å². The normalized spacial score (nSPS) is 12.2. The van der Waals surface area contributed by atoms with Gasteiger partial charge in [0.1, 0.15) is 0 Å². The van der Waals surface area contributed by atoms with Crippen molar-refractivity contribution in [2.24, 2.45) is 0 Å². The standard InChI is InChI=1S/C23H22N2O2/c1-25(2)23(27)18-7-3-5-15(13-18)14-24-22(26)20-12-11-17-10-9-16-6-4-8-19(20)21(16)17/h3-8,11-13H,9-10,14H2,1-2H3,(H,24,26). The molecular formula is C23H22N2O2. The highest BCUT2D eigenvalue weighted by Gasteiger charge is 2.18. The number of amides is 2. The Morgan fingerprint density at radius 1 is 0.963 bits per heavy atom. The van der Waals surface area contributed by atoms with Crippen LogP contribution in [0.15, 0.2) is 54.6 Å². The third kappa shape index (κ3) is 3.19. The first-order chi connectivity index (χ1) is 13.0. The molecule has 3 aromatic carbocycles. The van der Waals surface area contributed by atoms with Gasteiger partial charge >= 0.3 is 0 Å². The summed E-state index contributed by atoms with van der Waals surface area (Å²) in [7, 11) is 3.46. The molecule has 0 saturated heterocycles. The molecule has 1 N–H and O–H groups in total. The maximum absolute atomic E-state index is 12.8. The molecule has 4 heteroatoms. The second-order valence-electron chi connectivity index (χ2n) is 7.19. The monoisotopic (exact) mass is 358 g/mol. The van der Waals surface area contributed by atoms with E-state index in [1.165, 1.54) is 16.5 Å². The van der Waals surface area contributed by atoms with E-state index in [4.69, 9.17) is 0 Å². The van der Waals surface area contributed by atoms with Crippen LogP contribution in [0.5, 0.6) is 0 Å². The second kappa shape index (κ2) is 6.88. The van der Waals surface area contributed by atoms with Crippen LogP contribution in [0.4, 0.5) is 0 Å². The van der Waals surface area contributed by atoms with Gasteiger partial charge in [0, 0.05) is 31.8 Å². The highest BCUT2D eigenvalue weighted by Crippen LogP contribution is 2.32. The lowest BCUT2D eigenvalue weighted by molar-refractivity contribution is 0.0827. The summed E-state index contributed by atoms with van der Waals surface area (Å²) in [6.07, 6.45) is 2.09. The van der Waals surface area contributed by atoms with Crippen molar-refractivity contribution < 1.29 is 9.59 Å². The molecular weight excluding hydrogens is 336 g/mol. The third-order valence-corrected chi connectivity index (χ3v) is 5.15. The fourth-order valence-corrected chi connectivity index (χ4v) is 3.79. The number of nitrogens with one attached hydrogen (secondary N) is 1. The van der Waals surface area contributed by atoms with Crippen molar-refractivity contribution >= 4 is 22.6 Å². The van der Waals surface area contributed by atoms with Crippen LogP contribution >= 0.6 is 0 Å². The summed E-state index contributed by atoms with van der Waals surface area (Å²) in [5, 5.41) is 5.26. The van der Waals surface area contributed by atoms with E-state index < -0.39 is 0 Å². The largest absolute Gasteiger partial charge is 0.348 e. The van der Waals surface area contributed by atoms with E-state index >= 15 is 0 Å². The quantitative estimate of drug-likeness (QED) is 0.775. The Hall–Kier alpha value is -3.14. The zero-order valence-corrected chi connectivity index (χ0v) is 15.6. The first kappa shape index (κ1) is 17.3. The molecule has 4 rings (SSSR count). The summed E-state index contributed by atoms with van der Waals surface area (Å²) in [5.41, 5.74) is 4.89. The molecule has 0 aliphatic heterocycles. The summed E-state index contributed by atoms with van der Waals surface area (Å²) >= 11 is 0. The van der Waals surface area contributed by atoms with E-state index in [2.05, 4.69) is 17.4 Å². The number of hydrogen-bond donors (Lipinski definition) is 1. The zero-order valence-electron chi connectivity index (χ0n) is 15.6. The van der Waals surface area contributed by atoms with Crippen LogP contribution in [0.3, 0.4) is 0 Å². The predicted octanol–water partition coefficient (Wildman–Crippen LogP) is 3.57. The van der Waals surface area contributed by atoms with E-state index in [9.17, 15) is 9.59 Å². The third-order valence-electron chi connectivity index (χ3n) is 5.15. The van der Waals surface area contributed by atoms with Gasteiger partial charge in [-0.1, -0.05) is 36.4 Å². The van der Waals surface area contributed by atoms with Crippen LogP contribution in [0.25, 0.3) is 10.8 Å². The van der Waals surface area contributed by atoms with Crippen LogP contribution in [0, 0.1) is 0 Å². The molecule has 27 heavy (non-hydrogen) atoms. The highest BCUT2D eigenvalue weighted by molar-refractivity contribution is 6.09. The molecule has 136 valence electrons. The van der Waals surface area contributed by atoms with E-state index in [0.717, 1.165) is 23.8 Å². The Kier molecular flexibility index (Phi) is 4.40. The molecule has 0 bridgehead atoms. The van der Waals surface area contributed by atoms with Gasteiger partial charge in [0.05, 0.1) is 0 Å². The fourth-order valence-electron chi connectivity index (χ4n) is 3.79. The fraction of sp³-hybridized carbons (Fsp3) is 0.217. The van der Waals surface area contributed by atoms with Crippen LogP contribution < -0.4 is 5.32 Å². The Morgan fingerprint density at radius 3 is 2.48 bits per heavy atom. The van der Waals surface area contributed by atoms with Crippen molar-refractivity contribution in [3.05, 3.63) is 82.4 Å². The number of hydrogen-bond acceptors (Lipinski definition) is 2. The molecule has 0 heterocycles. The van der Waals surface area contributed by atoms with Gasteiger partial charge in [0.25, 0.3) is 11.8 Å². The molecule has 0 atom stereocenters. The molecule has 0 unspecified atom stereocenters. The number of nitrogens with zero attached hydrogens (tertiary/aromatic N) is 1. The molecule has 1 aliphatic rings. The van der Waals surface area contributed by atoms with Crippen molar-refractivity contribution in [1.29, 1.82) is 0 Å². The number of rotatable bonds is 4. The SMILES string of the molecule is CN(C)C(=O)c1cccc(CNC(=O)c2ccc3c4c(cccc24)CC3)c1. The summed E-state index contributed by atoms with van der Waals surface area (Å²) in [4.78, 5) is 26.5. The number of benzene rings is 3. The molecule has 1 aliphatic carbocycles. The maximum Gasteiger partial charge on any atom is 0.253 e. The molecule has 0 radical (unpaired) electrons. The minimum Gasteiger partial charge on any atom is -0.348 e. The van der Waals surface area contributed by atoms with E-state index in [1.54, 1.807) is 25.1 Å². The van der Waals surface area contributed by atoms with Gasteiger partial charge in [-0.3, -0.25) is 9.59 Å². The summed E-state index contributed by atoms with van der Waals surface area (Å²) in [6, 6.07) is 17.6. The summed E-state index contributed by atoms with van der Waals surface area (Å²) in [6.45, 7) is 0.385. The lowest BCUT2D eigenvalue weighted by Crippen LogP contribution is -2.24. The first-order valence-corrected chi connectivity index (χ1v) is 9.17. The summed E-state index contributed by atoms with van der Waals surface area (Å²) < 4.78 is 0. The molecule has 0 aromatic heterocycles. The Labute approximate surface area is 158 Å². The van der Waals surface area contributed by atoms with Gasteiger partial charge in [-0.2, -0.15) is 0 Å². The van der Waals surface area contributed by atoms with Gasteiger partial charge in [-0.15, -0.1) is 0 Å². The number of carbonyl (C=O) groups excluding carboxylic acids is 2. The molecule has 0 fully saturated rings. The van der Waals surface area contributed by atoms with Crippen molar-refractivity contribution in [2.45, 2.75) is 19.4 Å². The van der Waals surface area contributed by atoms with Gasteiger partial charge in [-0.25, -0.2) is 0 Å². The second-order valence-corrected chi connectivity index (χ2v) is 7.19. The van der Waals surface area contributed by atoms with Crippen molar-refractivity contribution in [3.63, 3.8) is 0 Å². The van der Waals surface area contributed by atoms with Crippen LogP contribution in [-0.2, 0) is 19.4 Å². The average molecular weight is 358 g/mol. The zero-order chi connectivity index (χ0) is 19.0. The number of carbonyl (C=O) groups is 2. The van der Waals surface area contributed by atoms with Gasteiger partial charge in [0.2, 0.25) is 0 Å².